The minimum atomic E-state index is -1.04. The number of nitrogens with two attached hydrogens (primary N) is 1. The van der Waals surface area contributed by atoms with E-state index in [0.717, 1.165) is 12.8 Å². The number of primary amides is 1. The molecule has 106 valence electrons. The lowest BCUT2D eigenvalue weighted by Gasteiger charge is -2.20. The van der Waals surface area contributed by atoms with Crippen LogP contribution >= 0.6 is 0 Å². The molecule has 1 aliphatic carbocycles. The molecule has 1 saturated carbocycles. The van der Waals surface area contributed by atoms with Crippen molar-refractivity contribution in [2.75, 3.05) is 11.9 Å². The van der Waals surface area contributed by atoms with Gasteiger partial charge in [-0.2, -0.15) is 0 Å². The fourth-order valence-corrected chi connectivity index (χ4v) is 1.94. The zero-order valence-corrected chi connectivity index (χ0v) is 10.7. The van der Waals surface area contributed by atoms with Crippen molar-refractivity contribution in [2.24, 2.45) is 5.73 Å². The van der Waals surface area contributed by atoms with Crippen LogP contribution in [0.25, 0.3) is 0 Å². The molecule has 0 atom stereocenters. The second kappa shape index (κ2) is 5.60. The second-order valence-electron chi connectivity index (χ2n) is 4.63. The van der Waals surface area contributed by atoms with Gasteiger partial charge in [0, 0.05) is 17.3 Å². The lowest BCUT2D eigenvalue weighted by molar-refractivity contribution is -0.137. The molecule has 3 amide bonds. The number of rotatable bonds is 5. The third kappa shape index (κ3) is 3.47. The van der Waals surface area contributed by atoms with E-state index in [1.54, 1.807) is 18.2 Å². The van der Waals surface area contributed by atoms with Crippen LogP contribution in [0.5, 0.6) is 0 Å². The summed E-state index contributed by atoms with van der Waals surface area (Å²) in [7, 11) is 0. The van der Waals surface area contributed by atoms with Crippen molar-refractivity contribution in [2.45, 2.75) is 18.9 Å². The Labute approximate surface area is 115 Å². The maximum absolute atomic E-state index is 12.3. The first kappa shape index (κ1) is 13.9. The van der Waals surface area contributed by atoms with E-state index in [1.165, 1.54) is 11.0 Å². The highest BCUT2D eigenvalue weighted by Crippen LogP contribution is 2.28. The summed E-state index contributed by atoms with van der Waals surface area (Å²) in [5.41, 5.74) is 5.73. The largest absolute Gasteiger partial charge is 0.480 e. The number of carbonyl (C=O) groups excluding carboxylic acids is 2. The SMILES string of the molecule is NC(=O)Nc1cccc(C(=O)N(CC(=O)O)C2CC2)c1. The smallest absolute Gasteiger partial charge is 0.323 e. The molecule has 1 aromatic carbocycles. The first-order valence-corrected chi connectivity index (χ1v) is 6.16. The number of nitrogens with one attached hydrogen (secondary N) is 1. The molecule has 20 heavy (non-hydrogen) atoms. The van der Waals surface area contributed by atoms with Crippen molar-refractivity contribution in [3.8, 4) is 0 Å². The normalized spacial score (nSPS) is 13.6. The summed E-state index contributed by atoms with van der Waals surface area (Å²) in [6, 6.07) is 5.52. The molecule has 1 aliphatic rings. The molecular weight excluding hydrogens is 262 g/mol. The highest BCUT2D eigenvalue weighted by molar-refractivity contribution is 5.98. The topological polar surface area (TPSA) is 113 Å². The molecule has 1 fully saturated rings. The summed E-state index contributed by atoms with van der Waals surface area (Å²) in [5.74, 6) is -1.40. The van der Waals surface area contributed by atoms with Gasteiger partial charge in [-0.3, -0.25) is 9.59 Å². The number of carbonyl (C=O) groups is 3. The van der Waals surface area contributed by atoms with Gasteiger partial charge in [-0.25, -0.2) is 4.79 Å². The number of amides is 3. The number of anilines is 1. The van der Waals surface area contributed by atoms with Crippen LogP contribution in [0.1, 0.15) is 23.2 Å². The molecule has 7 nitrogen and oxygen atoms in total. The molecule has 4 N–H and O–H groups in total. The first-order valence-electron chi connectivity index (χ1n) is 6.16. The van der Waals surface area contributed by atoms with Gasteiger partial charge in [0.15, 0.2) is 0 Å². The van der Waals surface area contributed by atoms with Crippen LogP contribution in [0, 0.1) is 0 Å². The number of hydrogen-bond acceptors (Lipinski definition) is 3. The zero-order chi connectivity index (χ0) is 14.7. The molecule has 0 heterocycles. The van der Waals surface area contributed by atoms with E-state index in [2.05, 4.69) is 5.32 Å². The summed E-state index contributed by atoms with van der Waals surface area (Å²) in [6.07, 6.45) is 1.64. The van der Waals surface area contributed by atoms with Gasteiger partial charge in [0.2, 0.25) is 0 Å². The van der Waals surface area contributed by atoms with E-state index in [1.807, 2.05) is 0 Å². The maximum atomic E-state index is 12.3. The van der Waals surface area contributed by atoms with Crippen molar-refractivity contribution in [3.05, 3.63) is 29.8 Å². The molecule has 0 bridgehead atoms. The van der Waals surface area contributed by atoms with Gasteiger partial charge in [-0.15, -0.1) is 0 Å². The number of hydrogen-bond donors (Lipinski definition) is 3. The van der Waals surface area contributed by atoms with E-state index in [9.17, 15) is 14.4 Å². The van der Waals surface area contributed by atoms with Crippen LogP contribution in [0.15, 0.2) is 24.3 Å². The van der Waals surface area contributed by atoms with Crippen LogP contribution < -0.4 is 11.1 Å². The van der Waals surface area contributed by atoms with Crippen LogP contribution in [-0.2, 0) is 4.79 Å². The van der Waals surface area contributed by atoms with Crippen molar-refractivity contribution >= 4 is 23.6 Å². The van der Waals surface area contributed by atoms with Crippen molar-refractivity contribution in [3.63, 3.8) is 0 Å². The van der Waals surface area contributed by atoms with Crippen molar-refractivity contribution in [1.29, 1.82) is 0 Å². The third-order valence-corrected chi connectivity index (χ3v) is 2.93. The van der Waals surface area contributed by atoms with Crippen LogP contribution in [-0.4, -0.2) is 40.5 Å². The van der Waals surface area contributed by atoms with Gasteiger partial charge in [0.1, 0.15) is 6.54 Å². The first-order chi connectivity index (χ1) is 9.47. The number of nitrogens with zero attached hydrogens (tertiary/aromatic N) is 1. The Balaban J connectivity index is 2.18. The summed E-state index contributed by atoms with van der Waals surface area (Å²) in [4.78, 5) is 35.3. The molecule has 2 rings (SSSR count). The van der Waals surface area contributed by atoms with Gasteiger partial charge in [0.25, 0.3) is 5.91 Å². The molecule has 0 spiro atoms. The predicted molar refractivity (Wildman–Crippen MR) is 71.3 cm³/mol. The number of benzene rings is 1. The summed E-state index contributed by atoms with van der Waals surface area (Å²) in [5, 5.41) is 11.2. The zero-order valence-electron chi connectivity index (χ0n) is 10.7. The van der Waals surface area contributed by atoms with E-state index in [-0.39, 0.29) is 18.5 Å². The molecule has 0 aromatic heterocycles. The molecule has 0 radical (unpaired) electrons. The lowest BCUT2D eigenvalue weighted by atomic mass is 10.1. The minimum absolute atomic E-state index is 0.00800. The number of carboxylic acids is 1. The highest BCUT2D eigenvalue weighted by Gasteiger charge is 2.34. The van der Waals surface area contributed by atoms with Crippen molar-refractivity contribution in [1.82, 2.24) is 4.90 Å². The highest BCUT2D eigenvalue weighted by atomic mass is 16.4. The van der Waals surface area contributed by atoms with Gasteiger partial charge in [0.05, 0.1) is 0 Å². The number of urea groups is 1. The van der Waals surface area contributed by atoms with Gasteiger partial charge >= 0.3 is 12.0 Å². The average Bonchev–Trinajstić information content (AvgIpc) is 3.18. The fraction of sp³-hybridized carbons (Fsp3) is 0.308. The van der Waals surface area contributed by atoms with E-state index in [4.69, 9.17) is 10.8 Å². The van der Waals surface area contributed by atoms with Gasteiger partial charge < -0.3 is 21.1 Å². The van der Waals surface area contributed by atoms with Crippen LogP contribution in [0.4, 0.5) is 10.5 Å². The Hall–Kier alpha value is -2.57. The van der Waals surface area contributed by atoms with Gasteiger partial charge in [-0.1, -0.05) is 6.07 Å². The minimum Gasteiger partial charge on any atom is -0.480 e. The monoisotopic (exact) mass is 277 g/mol. The van der Waals surface area contributed by atoms with Gasteiger partial charge in [-0.05, 0) is 31.0 Å². The van der Waals surface area contributed by atoms with E-state index >= 15 is 0 Å². The van der Waals surface area contributed by atoms with Crippen LogP contribution in [0.2, 0.25) is 0 Å². The quantitative estimate of drug-likeness (QED) is 0.741. The van der Waals surface area contributed by atoms with Crippen LogP contribution in [0.3, 0.4) is 0 Å². The molecule has 0 unspecified atom stereocenters. The summed E-state index contributed by atoms with van der Waals surface area (Å²) >= 11 is 0. The lowest BCUT2D eigenvalue weighted by Crippen LogP contribution is -2.37. The predicted octanol–water partition coefficient (Wildman–Crippen LogP) is 0.866. The molecule has 0 aliphatic heterocycles. The number of carboxylic acid groups (broad SMARTS) is 1. The average molecular weight is 277 g/mol. The molecule has 1 aromatic rings. The molecule has 7 heteroatoms. The Bertz CT molecular complexity index is 554. The van der Waals surface area contributed by atoms with E-state index in [0.29, 0.717) is 11.3 Å². The number of aliphatic carboxylic acids is 1. The Morgan fingerprint density at radius 1 is 1.35 bits per heavy atom. The third-order valence-electron chi connectivity index (χ3n) is 2.93. The summed E-state index contributed by atoms with van der Waals surface area (Å²) < 4.78 is 0. The molecule has 0 saturated heterocycles. The maximum Gasteiger partial charge on any atom is 0.323 e. The van der Waals surface area contributed by atoms with Crippen molar-refractivity contribution < 1.29 is 19.5 Å². The molecular formula is C13H15N3O4. The second-order valence-corrected chi connectivity index (χ2v) is 4.63. The van der Waals surface area contributed by atoms with E-state index < -0.39 is 12.0 Å². The Kier molecular flexibility index (Phi) is 3.88. The Morgan fingerprint density at radius 2 is 2.05 bits per heavy atom. The fourth-order valence-electron chi connectivity index (χ4n) is 1.94. The standard InChI is InChI=1S/C13H15N3O4/c14-13(20)15-9-3-1-2-8(6-9)12(19)16(7-11(17)18)10-4-5-10/h1-3,6,10H,4-5,7H2,(H,17,18)(H3,14,15,20). The summed E-state index contributed by atoms with van der Waals surface area (Å²) in [6.45, 7) is -0.322. The Morgan fingerprint density at radius 3 is 2.60 bits per heavy atom.